The summed E-state index contributed by atoms with van der Waals surface area (Å²) in [6.07, 6.45) is 3.32. The molecule has 0 radical (unpaired) electrons. The quantitative estimate of drug-likeness (QED) is 0.576. The summed E-state index contributed by atoms with van der Waals surface area (Å²) in [4.78, 5) is 13.2. The number of nitrogens with zero attached hydrogens (tertiary/aromatic N) is 4. The standard InChI is InChI=1S/C18H16N4O2/c1-12-3-8-15(24-12)16-17-18(20-10-19-16)22(11-21-17)9-13-4-6-14(23-2)7-5-13/h3-8,10-11H,9H2,1-2H3. The first kappa shape index (κ1) is 14.4. The van der Waals surface area contributed by atoms with Gasteiger partial charge in [-0.2, -0.15) is 0 Å². The first-order valence-corrected chi connectivity index (χ1v) is 7.60. The van der Waals surface area contributed by atoms with E-state index in [-0.39, 0.29) is 0 Å². The number of methoxy groups -OCH3 is 1. The second-order valence-corrected chi connectivity index (χ2v) is 5.53. The zero-order valence-electron chi connectivity index (χ0n) is 13.4. The predicted octanol–water partition coefficient (Wildman–Crippen LogP) is 3.45. The van der Waals surface area contributed by atoms with E-state index >= 15 is 0 Å². The maximum Gasteiger partial charge on any atom is 0.164 e. The summed E-state index contributed by atoms with van der Waals surface area (Å²) in [7, 11) is 1.66. The molecule has 0 saturated carbocycles. The first-order valence-electron chi connectivity index (χ1n) is 7.60. The van der Waals surface area contributed by atoms with Crippen LogP contribution < -0.4 is 4.74 Å². The molecule has 6 heteroatoms. The van der Waals surface area contributed by atoms with E-state index in [0.29, 0.717) is 18.0 Å². The van der Waals surface area contributed by atoms with Crippen LogP contribution in [0.5, 0.6) is 5.75 Å². The molecule has 0 aliphatic carbocycles. The molecule has 120 valence electrons. The summed E-state index contributed by atoms with van der Waals surface area (Å²) in [5, 5.41) is 0. The zero-order chi connectivity index (χ0) is 16.5. The van der Waals surface area contributed by atoms with E-state index in [1.807, 2.05) is 47.9 Å². The van der Waals surface area contributed by atoms with E-state index in [2.05, 4.69) is 15.0 Å². The number of aromatic nitrogens is 4. The lowest BCUT2D eigenvalue weighted by Crippen LogP contribution is -2.00. The van der Waals surface area contributed by atoms with Gasteiger partial charge in [-0.05, 0) is 36.8 Å². The van der Waals surface area contributed by atoms with Crippen molar-refractivity contribution in [3.63, 3.8) is 0 Å². The summed E-state index contributed by atoms with van der Waals surface area (Å²) in [5.74, 6) is 2.39. The molecular weight excluding hydrogens is 304 g/mol. The topological polar surface area (TPSA) is 66.0 Å². The maximum atomic E-state index is 5.68. The molecule has 0 amide bonds. The van der Waals surface area contributed by atoms with Crippen molar-refractivity contribution in [1.29, 1.82) is 0 Å². The molecule has 0 aliphatic heterocycles. The Labute approximate surface area is 138 Å². The van der Waals surface area contributed by atoms with Gasteiger partial charge in [-0.3, -0.25) is 0 Å². The molecule has 4 aromatic rings. The fourth-order valence-electron chi connectivity index (χ4n) is 2.67. The first-order chi connectivity index (χ1) is 11.7. The van der Waals surface area contributed by atoms with Gasteiger partial charge in [0.25, 0.3) is 0 Å². The van der Waals surface area contributed by atoms with Crippen molar-refractivity contribution in [1.82, 2.24) is 19.5 Å². The maximum absolute atomic E-state index is 5.68. The Hall–Kier alpha value is -3.15. The number of fused-ring (bicyclic) bond motifs is 1. The van der Waals surface area contributed by atoms with E-state index in [4.69, 9.17) is 9.15 Å². The van der Waals surface area contributed by atoms with Crippen LogP contribution in [-0.4, -0.2) is 26.6 Å². The molecule has 0 bridgehead atoms. The normalized spacial score (nSPS) is 11.1. The number of aryl methyl sites for hydroxylation is 1. The van der Waals surface area contributed by atoms with Crippen LogP contribution in [0.15, 0.2) is 53.5 Å². The van der Waals surface area contributed by atoms with Gasteiger partial charge in [0.05, 0.1) is 20.0 Å². The smallest absolute Gasteiger partial charge is 0.164 e. The number of furan rings is 1. The average Bonchev–Trinajstić information content (AvgIpc) is 3.22. The highest BCUT2D eigenvalue weighted by Crippen LogP contribution is 2.26. The number of hydrogen-bond donors (Lipinski definition) is 0. The van der Waals surface area contributed by atoms with Crippen molar-refractivity contribution >= 4 is 11.2 Å². The molecule has 6 nitrogen and oxygen atoms in total. The van der Waals surface area contributed by atoms with Gasteiger partial charge < -0.3 is 13.7 Å². The molecule has 0 unspecified atom stereocenters. The summed E-state index contributed by atoms with van der Waals surface area (Å²) in [6, 6.07) is 11.8. The van der Waals surface area contributed by atoms with Crippen molar-refractivity contribution in [3.8, 4) is 17.2 Å². The van der Waals surface area contributed by atoms with Crippen molar-refractivity contribution in [2.45, 2.75) is 13.5 Å². The molecule has 0 spiro atoms. The molecular formula is C18H16N4O2. The van der Waals surface area contributed by atoms with Gasteiger partial charge in [-0.15, -0.1) is 0 Å². The van der Waals surface area contributed by atoms with Crippen LogP contribution in [0.25, 0.3) is 22.6 Å². The summed E-state index contributed by atoms with van der Waals surface area (Å²) in [6.45, 7) is 2.58. The lowest BCUT2D eigenvalue weighted by molar-refractivity contribution is 0.414. The highest BCUT2D eigenvalue weighted by Gasteiger charge is 2.14. The van der Waals surface area contributed by atoms with Crippen molar-refractivity contribution < 1.29 is 9.15 Å². The number of rotatable bonds is 4. The third kappa shape index (κ3) is 2.52. The highest BCUT2D eigenvalue weighted by molar-refractivity contribution is 5.85. The largest absolute Gasteiger partial charge is 0.497 e. The predicted molar refractivity (Wildman–Crippen MR) is 89.9 cm³/mol. The van der Waals surface area contributed by atoms with E-state index in [9.17, 15) is 0 Å². The van der Waals surface area contributed by atoms with E-state index < -0.39 is 0 Å². The van der Waals surface area contributed by atoms with Crippen molar-refractivity contribution in [2.24, 2.45) is 0 Å². The Bertz CT molecular complexity index is 986. The summed E-state index contributed by atoms with van der Waals surface area (Å²) < 4.78 is 12.9. The number of ether oxygens (including phenoxy) is 1. The van der Waals surface area contributed by atoms with Crippen LogP contribution >= 0.6 is 0 Å². The Morgan fingerprint density at radius 2 is 1.88 bits per heavy atom. The van der Waals surface area contributed by atoms with Gasteiger partial charge in [0.1, 0.15) is 29.0 Å². The third-order valence-electron chi connectivity index (χ3n) is 3.89. The summed E-state index contributed by atoms with van der Waals surface area (Å²) >= 11 is 0. The van der Waals surface area contributed by atoms with Gasteiger partial charge in [0.2, 0.25) is 0 Å². The second-order valence-electron chi connectivity index (χ2n) is 5.53. The molecule has 24 heavy (non-hydrogen) atoms. The molecule has 0 saturated heterocycles. The van der Waals surface area contributed by atoms with Gasteiger partial charge in [0, 0.05) is 0 Å². The minimum atomic E-state index is 0.675. The minimum absolute atomic E-state index is 0.675. The average molecular weight is 320 g/mol. The van der Waals surface area contributed by atoms with Crippen molar-refractivity contribution in [3.05, 3.63) is 60.4 Å². The zero-order valence-corrected chi connectivity index (χ0v) is 13.4. The molecule has 3 heterocycles. The van der Waals surface area contributed by atoms with E-state index in [1.54, 1.807) is 19.8 Å². The number of benzene rings is 1. The lowest BCUT2D eigenvalue weighted by atomic mass is 10.2. The van der Waals surface area contributed by atoms with Crippen LogP contribution in [0.1, 0.15) is 11.3 Å². The second kappa shape index (κ2) is 5.81. The Kier molecular flexibility index (Phi) is 3.49. The minimum Gasteiger partial charge on any atom is -0.497 e. The number of hydrogen-bond acceptors (Lipinski definition) is 5. The SMILES string of the molecule is COc1ccc(Cn2cnc3c(-c4ccc(C)o4)ncnc32)cc1. The molecule has 0 N–H and O–H groups in total. The van der Waals surface area contributed by atoms with Gasteiger partial charge in [-0.25, -0.2) is 15.0 Å². The van der Waals surface area contributed by atoms with Crippen LogP contribution in [0.2, 0.25) is 0 Å². The molecule has 0 fully saturated rings. The van der Waals surface area contributed by atoms with Gasteiger partial charge in [0.15, 0.2) is 11.4 Å². The van der Waals surface area contributed by atoms with Crippen LogP contribution in [-0.2, 0) is 6.54 Å². The Morgan fingerprint density at radius 1 is 1.04 bits per heavy atom. The van der Waals surface area contributed by atoms with Crippen molar-refractivity contribution in [2.75, 3.05) is 7.11 Å². The highest BCUT2D eigenvalue weighted by atomic mass is 16.5. The van der Waals surface area contributed by atoms with Gasteiger partial charge in [-0.1, -0.05) is 12.1 Å². The van der Waals surface area contributed by atoms with Crippen LogP contribution in [0.4, 0.5) is 0 Å². The summed E-state index contributed by atoms with van der Waals surface area (Å²) in [5.41, 5.74) is 3.37. The fraction of sp³-hybridized carbons (Fsp3) is 0.167. The number of imidazole rings is 1. The van der Waals surface area contributed by atoms with Crippen LogP contribution in [0.3, 0.4) is 0 Å². The van der Waals surface area contributed by atoms with Gasteiger partial charge >= 0.3 is 0 Å². The Morgan fingerprint density at radius 3 is 2.58 bits per heavy atom. The Balaban J connectivity index is 1.72. The van der Waals surface area contributed by atoms with E-state index in [1.165, 1.54) is 0 Å². The fourth-order valence-corrected chi connectivity index (χ4v) is 2.67. The monoisotopic (exact) mass is 320 g/mol. The molecule has 1 aromatic carbocycles. The lowest BCUT2D eigenvalue weighted by Gasteiger charge is -2.05. The van der Waals surface area contributed by atoms with Crippen LogP contribution in [0, 0.1) is 6.92 Å². The molecule has 0 atom stereocenters. The molecule has 4 rings (SSSR count). The van der Waals surface area contributed by atoms with E-state index in [0.717, 1.165) is 28.2 Å². The third-order valence-corrected chi connectivity index (χ3v) is 3.89. The molecule has 3 aromatic heterocycles. The molecule has 0 aliphatic rings.